The van der Waals surface area contributed by atoms with E-state index in [1.54, 1.807) is 19.1 Å². The van der Waals surface area contributed by atoms with Crippen molar-refractivity contribution in [3.05, 3.63) is 29.3 Å². The number of aryl methyl sites for hydroxylation is 1. The fourth-order valence-electron chi connectivity index (χ4n) is 2.97. The van der Waals surface area contributed by atoms with Crippen molar-refractivity contribution < 1.29 is 17.9 Å². The highest BCUT2D eigenvalue weighted by molar-refractivity contribution is 5.41. The number of ether oxygens (including phenoxy) is 1. The van der Waals surface area contributed by atoms with Crippen molar-refractivity contribution >= 4 is 0 Å². The molecule has 1 heterocycles. The van der Waals surface area contributed by atoms with Crippen LogP contribution in [0.5, 0.6) is 5.75 Å². The molecule has 5 heteroatoms. The number of hydrogen-bond acceptors (Lipinski definition) is 2. The van der Waals surface area contributed by atoms with Crippen molar-refractivity contribution in [1.82, 2.24) is 5.32 Å². The van der Waals surface area contributed by atoms with E-state index in [9.17, 15) is 13.2 Å². The second-order valence-electron chi connectivity index (χ2n) is 5.08. The molecule has 1 aromatic rings. The van der Waals surface area contributed by atoms with Gasteiger partial charge >= 0.3 is 6.36 Å². The van der Waals surface area contributed by atoms with E-state index in [-0.39, 0.29) is 5.75 Å². The van der Waals surface area contributed by atoms with Gasteiger partial charge in [0.05, 0.1) is 0 Å². The van der Waals surface area contributed by atoms with Gasteiger partial charge in [0.25, 0.3) is 0 Å². The van der Waals surface area contributed by atoms with Crippen LogP contribution in [0.2, 0.25) is 0 Å². The van der Waals surface area contributed by atoms with E-state index in [1.807, 2.05) is 6.07 Å². The van der Waals surface area contributed by atoms with Crippen LogP contribution in [-0.2, 0) is 0 Å². The van der Waals surface area contributed by atoms with Gasteiger partial charge in [-0.1, -0.05) is 12.1 Å². The van der Waals surface area contributed by atoms with Crippen molar-refractivity contribution in [2.45, 2.75) is 19.2 Å². The number of hydrogen-bond donors (Lipinski definition) is 1. The number of rotatable bonds is 2. The first kappa shape index (κ1) is 11.8. The maximum Gasteiger partial charge on any atom is 0.573 e. The minimum absolute atomic E-state index is 0.0714. The highest BCUT2D eigenvalue weighted by Crippen LogP contribution is 2.56. The monoisotopic (exact) mass is 257 g/mol. The third-order valence-corrected chi connectivity index (χ3v) is 3.91. The maximum absolute atomic E-state index is 12.3. The molecule has 18 heavy (non-hydrogen) atoms. The van der Waals surface area contributed by atoms with E-state index in [2.05, 4.69) is 10.1 Å². The molecule has 2 unspecified atom stereocenters. The summed E-state index contributed by atoms with van der Waals surface area (Å²) in [7, 11) is 0. The van der Waals surface area contributed by atoms with E-state index >= 15 is 0 Å². The van der Waals surface area contributed by atoms with Crippen LogP contribution >= 0.6 is 0 Å². The molecule has 1 N–H and O–H groups in total. The zero-order valence-corrected chi connectivity index (χ0v) is 9.92. The molecule has 2 atom stereocenters. The third-order valence-electron chi connectivity index (χ3n) is 3.91. The molecular weight excluding hydrogens is 243 g/mol. The highest BCUT2D eigenvalue weighted by atomic mass is 19.4. The lowest BCUT2D eigenvalue weighted by Gasteiger charge is -2.13. The summed E-state index contributed by atoms with van der Waals surface area (Å²) in [4.78, 5) is 0. The number of fused-ring (bicyclic) bond motifs is 1. The zero-order valence-electron chi connectivity index (χ0n) is 9.92. The first-order chi connectivity index (χ1) is 8.46. The molecule has 2 aliphatic rings. The van der Waals surface area contributed by atoms with Crippen molar-refractivity contribution in [2.75, 3.05) is 13.1 Å². The molecule has 3 rings (SSSR count). The molecule has 1 aliphatic carbocycles. The minimum atomic E-state index is -4.62. The summed E-state index contributed by atoms with van der Waals surface area (Å²) in [5, 5.41) is 3.27. The number of nitrogens with one attached hydrogen (secondary N) is 1. The van der Waals surface area contributed by atoms with E-state index < -0.39 is 6.36 Å². The second-order valence-corrected chi connectivity index (χ2v) is 5.08. The van der Waals surface area contributed by atoms with Gasteiger partial charge in [-0.3, -0.25) is 0 Å². The molecule has 1 saturated carbocycles. The van der Waals surface area contributed by atoms with Crippen LogP contribution in [0.1, 0.15) is 17.0 Å². The van der Waals surface area contributed by atoms with Gasteiger partial charge in [-0.25, -0.2) is 0 Å². The van der Waals surface area contributed by atoms with Gasteiger partial charge in [0.1, 0.15) is 5.75 Å². The van der Waals surface area contributed by atoms with Crippen LogP contribution in [-0.4, -0.2) is 19.5 Å². The van der Waals surface area contributed by atoms with Crippen molar-refractivity contribution in [3.63, 3.8) is 0 Å². The fraction of sp³-hybridized carbons (Fsp3) is 0.538. The van der Waals surface area contributed by atoms with Gasteiger partial charge < -0.3 is 10.1 Å². The van der Waals surface area contributed by atoms with E-state index in [0.717, 1.165) is 18.7 Å². The summed E-state index contributed by atoms with van der Waals surface area (Å²) >= 11 is 0. The smallest absolute Gasteiger partial charge is 0.406 e. The average molecular weight is 257 g/mol. The van der Waals surface area contributed by atoms with Crippen LogP contribution in [0.25, 0.3) is 0 Å². The molecule has 2 nitrogen and oxygen atoms in total. The van der Waals surface area contributed by atoms with Gasteiger partial charge in [-0.15, -0.1) is 13.2 Å². The molecule has 0 spiro atoms. The zero-order chi connectivity index (χ0) is 12.9. The van der Waals surface area contributed by atoms with Crippen LogP contribution < -0.4 is 10.1 Å². The van der Waals surface area contributed by atoms with Crippen molar-refractivity contribution in [1.29, 1.82) is 0 Å². The summed E-state index contributed by atoms with van der Waals surface area (Å²) in [6, 6.07) is 5.17. The molecule has 1 aliphatic heterocycles. The predicted octanol–water partition coefficient (Wildman–Crippen LogP) is 2.83. The van der Waals surface area contributed by atoms with Crippen molar-refractivity contribution in [2.24, 2.45) is 11.8 Å². The molecule has 0 amide bonds. The summed E-state index contributed by atoms with van der Waals surface area (Å²) in [5.74, 6) is 1.51. The Hall–Kier alpha value is -1.23. The summed E-state index contributed by atoms with van der Waals surface area (Å²) < 4.78 is 40.9. The average Bonchev–Trinajstić information content (AvgIpc) is 2.75. The Morgan fingerprint density at radius 1 is 1.22 bits per heavy atom. The van der Waals surface area contributed by atoms with Gasteiger partial charge in [0.2, 0.25) is 0 Å². The number of halogens is 3. The number of piperidine rings is 1. The quantitative estimate of drug-likeness (QED) is 0.879. The Labute approximate surface area is 103 Å². The van der Waals surface area contributed by atoms with Gasteiger partial charge in [0.15, 0.2) is 0 Å². The fourth-order valence-corrected chi connectivity index (χ4v) is 2.97. The lowest BCUT2D eigenvalue weighted by molar-refractivity contribution is -0.274. The summed E-state index contributed by atoms with van der Waals surface area (Å²) in [6.45, 7) is 3.57. The van der Waals surface area contributed by atoms with Gasteiger partial charge in [-0.05, 0) is 55.0 Å². The van der Waals surface area contributed by atoms with Crippen LogP contribution in [0.3, 0.4) is 0 Å². The number of alkyl halides is 3. The lowest BCUT2D eigenvalue weighted by Crippen LogP contribution is -2.18. The first-order valence-electron chi connectivity index (χ1n) is 6.03. The van der Waals surface area contributed by atoms with E-state index in [1.165, 1.54) is 0 Å². The van der Waals surface area contributed by atoms with Gasteiger partial charge in [0, 0.05) is 0 Å². The highest BCUT2D eigenvalue weighted by Gasteiger charge is 2.53. The van der Waals surface area contributed by atoms with Crippen LogP contribution in [0, 0.1) is 18.8 Å². The molecule has 2 fully saturated rings. The lowest BCUT2D eigenvalue weighted by atomic mass is 10.0. The predicted molar refractivity (Wildman–Crippen MR) is 60.5 cm³/mol. The molecule has 0 radical (unpaired) electrons. The normalized spacial score (nSPS) is 30.1. The molecular formula is C13H14F3NO. The summed E-state index contributed by atoms with van der Waals surface area (Å²) in [6.07, 6.45) is -4.62. The third kappa shape index (κ3) is 2.07. The topological polar surface area (TPSA) is 21.3 Å². The van der Waals surface area contributed by atoms with Crippen LogP contribution in [0.4, 0.5) is 13.2 Å². The molecule has 1 aromatic carbocycles. The van der Waals surface area contributed by atoms with Crippen molar-refractivity contribution in [3.8, 4) is 5.75 Å². The first-order valence-corrected chi connectivity index (χ1v) is 6.03. The Bertz CT molecular complexity index is 462. The largest absolute Gasteiger partial charge is 0.573 e. The standard InChI is InChI=1S/C13H14F3NO/c1-7-2-3-8(4-11(7)18-13(14,15)16)12-9-5-17-6-10(9)12/h2-4,9-10,12,17H,5-6H2,1H3. The van der Waals surface area contributed by atoms with E-state index in [0.29, 0.717) is 23.3 Å². The number of benzene rings is 1. The molecule has 98 valence electrons. The Kier molecular flexibility index (Phi) is 2.55. The van der Waals surface area contributed by atoms with E-state index in [4.69, 9.17) is 0 Å². The molecule has 0 bridgehead atoms. The SMILES string of the molecule is Cc1ccc(C2C3CNCC32)cc1OC(F)(F)F. The Morgan fingerprint density at radius 2 is 1.89 bits per heavy atom. The summed E-state index contributed by atoms with van der Waals surface area (Å²) in [5.41, 5.74) is 1.48. The Balaban J connectivity index is 1.83. The van der Waals surface area contributed by atoms with Gasteiger partial charge in [-0.2, -0.15) is 0 Å². The minimum Gasteiger partial charge on any atom is -0.406 e. The molecule has 1 saturated heterocycles. The maximum atomic E-state index is 12.3. The van der Waals surface area contributed by atoms with Crippen LogP contribution in [0.15, 0.2) is 18.2 Å². The second kappa shape index (κ2) is 3.88. The Morgan fingerprint density at radius 3 is 2.50 bits per heavy atom. The molecule has 0 aromatic heterocycles.